The molecule has 0 amide bonds. The normalized spacial score (nSPS) is 10.9. The average Bonchev–Trinajstić information content (AvgIpc) is 2.53. The first-order valence-corrected chi connectivity index (χ1v) is 7.74. The van der Waals surface area contributed by atoms with Crippen LogP contribution in [0.15, 0.2) is 54.6 Å². The highest BCUT2D eigenvalue weighted by atomic mass is 35.6. The Hall–Kier alpha value is -1.62. The van der Waals surface area contributed by atoms with E-state index in [1.807, 2.05) is 30.3 Å². The Morgan fingerprint density at radius 2 is 1.52 bits per heavy atom. The number of rotatable bonds is 5. The summed E-state index contributed by atoms with van der Waals surface area (Å²) in [5.41, 5.74) is 1.06. The SMILES string of the molecule is O=C(OCC(Cl)(Cl)Cl)Oc1ccc(OCc2ccccc2)cc1. The number of halogens is 3. The Bertz CT molecular complexity index is 624. The second kappa shape index (κ2) is 8.29. The lowest BCUT2D eigenvalue weighted by Crippen LogP contribution is -2.19. The van der Waals surface area contributed by atoms with E-state index in [9.17, 15) is 4.79 Å². The molecule has 0 bridgehead atoms. The monoisotopic (exact) mass is 374 g/mol. The van der Waals surface area contributed by atoms with Gasteiger partial charge in [-0.25, -0.2) is 4.79 Å². The third-order valence-electron chi connectivity index (χ3n) is 2.63. The number of carbonyl (C=O) groups excluding carboxylic acids is 1. The summed E-state index contributed by atoms with van der Waals surface area (Å²) in [5.74, 6) is 0.947. The van der Waals surface area contributed by atoms with Gasteiger partial charge in [-0.2, -0.15) is 0 Å². The van der Waals surface area contributed by atoms with Crippen LogP contribution in [-0.2, 0) is 11.3 Å². The quantitative estimate of drug-likeness (QED) is 0.412. The van der Waals surface area contributed by atoms with Gasteiger partial charge in [0.05, 0.1) is 0 Å². The number of hydrogen-bond donors (Lipinski definition) is 0. The Morgan fingerprint density at radius 3 is 2.13 bits per heavy atom. The summed E-state index contributed by atoms with van der Waals surface area (Å²) in [6, 6.07) is 16.3. The maximum absolute atomic E-state index is 11.4. The molecule has 0 radical (unpaired) electrons. The topological polar surface area (TPSA) is 44.8 Å². The summed E-state index contributed by atoms with van der Waals surface area (Å²) < 4.78 is 13.5. The molecule has 0 aliphatic rings. The van der Waals surface area contributed by atoms with Gasteiger partial charge in [-0.15, -0.1) is 0 Å². The fourth-order valence-corrected chi connectivity index (χ4v) is 1.77. The van der Waals surface area contributed by atoms with Crippen molar-refractivity contribution in [1.82, 2.24) is 0 Å². The lowest BCUT2D eigenvalue weighted by Gasteiger charge is -2.11. The van der Waals surface area contributed by atoms with Crippen LogP contribution in [-0.4, -0.2) is 16.6 Å². The summed E-state index contributed by atoms with van der Waals surface area (Å²) >= 11 is 16.4. The van der Waals surface area contributed by atoms with Gasteiger partial charge in [0.25, 0.3) is 0 Å². The van der Waals surface area contributed by atoms with Crippen LogP contribution in [0.1, 0.15) is 5.56 Å². The zero-order chi connectivity index (χ0) is 16.7. The van der Waals surface area contributed by atoms with Crippen LogP contribution in [0.3, 0.4) is 0 Å². The number of ether oxygens (including phenoxy) is 3. The number of benzene rings is 2. The molecule has 0 saturated heterocycles. The molecule has 0 atom stereocenters. The van der Waals surface area contributed by atoms with Crippen LogP contribution in [0.4, 0.5) is 4.79 Å². The zero-order valence-electron chi connectivity index (χ0n) is 11.9. The molecule has 4 nitrogen and oxygen atoms in total. The van der Waals surface area contributed by atoms with Gasteiger partial charge in [-0.1, -0.05) is 65.1 Å². The van der Waals surface area contributed by atoms with E-state index in [4.69, 9.17) is 44.3 Å². The maximum atomic E-state index is 11.4. The standard InChI is InChI=1S/C16H13Cl3O4/c17-16(18,19)11-22-15(20)23-14-8-6-13(7-9-14)21-10-12-4-2-1-3-5-12/h1-9H,10-11H2. The lowest BCUT2D eigenvalue weighted by atomic mass is 10.2. The van der Waals surface area contributed by atoms with Gasteiger partial charge in [-0.05, 0) is 29.8 Å². The van der Waals surface area contributed by atoms with Crippen molar-refractivity contribution in [2.45, 2.75) is 10.4 Å². The predicted molar refractivity (Wildman–Crippen MR) is 89.5 cm³/mol. The van der Waals surface area contributed by atoms with E-state index in [0.29, 0.717) is 18.1 Å². The van der Waals surface area contributed by atoms with Crippen molar-refractivity contribution in [1.29, 1.82) is 0 Å². The minimum atomic E-state index is -1.67. The van der Waals surface area contributed by atoms with E-state index in [1.54, 1.807) is 24.3 Å². The molecule has 0 heterocycles. The van der Waals surface area contributed by atoms with Crippen molar-refractivity contribution >= 4 is 41.0 Å². The average molecular weight is 376 g/mol. The first-order chi connectivity index (χ1) is 10.9. The Morgan fingerprint density at radius 1 is 0.913 bits per heavy atom. The molecule has 0 fully saturated rings. The molecule has 0 saturated carbocycles. The van der Waals surface area contributed by atoms with Gasteiger partial charge in [0.15, 0.2) is 0 Å². The largest absolute Gasteiger partial charge is 0.513 e. The summed E-state index contributed by atoms with van der Waals surface area (Å²) in [5, 5.41) is 0. The highest BCUT2D eigenvalue weighted by molar-refractivity contribution is 6.67. The van der Waals surface area contributed by atoms with Crippen LogP contribution in [0.2, 0.25) is 0 Å². The molecular formula is C16H13Cl3O4. The Labute approximate surface area is 148 Å². The van der Waals surface area contributed by atoms with Gasteiger partial charge in [0.2, 0.25) is 3.79 Å². The smallest absolute Gasteiger partial charge is 0.489 e. The minimum Gasteiger partial charge on any atom is -0.489 e. The van der Waals surface area contributed by atoms with Crippen molar-refractivity contribution in [2.24, 2.45) is 0 Å². The van der Waals surface area contributed by atoms with E-state index in [1.165, 1.54) is 0 Å². The zero-order valence-corrected chi connectivity index (χ0v) is 14.1. The summed E-state index contributed by atoms with van der Waals surface area (Å²) in [7, 11) is 0. The van der Waals surface area contributed by atoms with E-state index in [-0.39, 0.29) is 0 Å². The van der Waals surface area contributed by atoms with Crippen LogP contribution in [0.25, 0.3) is 0 Å². The molecule has 2 aromatic carbocycles. The molecule has 0 spiro atoms. The molecular weight excluding hydrogens is 363 g/mol. The summed E-state index contributed by atoms with van der Waals surface area (Å²) in [6.45, 7) is 0.0567. The van der Waals surface area contributed by atoms with Crippen molar-refractivity contribution in [2.75, 3.05) is 6.61 Å². The van der Waals surface area contributed by atoms with Crippen LogP contribution >= 0.6 is 34.8 Å². The van der Waals surface area contributed by atoms with Gasteiger partial charge in [0, 0.05) is 0 Å². The van der Waals surface area contributed by atoms with Crippen molar-refractivity contribution in [3.05, 3.63) is 60.2 Å². The Balaban J connectivity index is 1.81. The highest BCUT2D eigenvalue weighted by Gasteiger charge is 2.22. The van der Waals surface area contributed by atoms with Gasteiger partial charge >= 0.3 is 6.16 Å². The van der Waals surface area contributed by atoms with Gasteiger partial charge in [-0.3, -0.25) is 0 Å². The molecule has 23 heavy (non-hydrogen) atoms. The van der Waals surface area contributed by atoms with E-state index in [0.717, 1.165) is 5.56 Å². The molecule has 7 heteroatoms. The molecule has 0 aromatic heterocycles. The first kappa shape index (κ1) is 17.7. The predicted octanol–water partition coefficient (Wildman–Crippen LogP) is 5.15. The van der Waals surface area contributed by atoms with Crippen molar-refractivity contribution in [3.63, 3.8) is 0 Å². The van der Waals surface area contributed by atoms with Gasteiger partial charge < -0.3 is 14.2 Å². The summed E-state index contributed by atoms with van der Waals surface area (Å²) in [4.78, 5) is 11.4. The third-order valence-corrected chi connectivity index (χ3v) is 2.95. The molecule has 0 unspecified atom stereocenters. The maximum Gasteiger partial charge on any atom is 0.513 e. The molecule has 2 aromatic rings. The molecule has 2 rings (SSSR count). The number of carbonyl (C=O) groups is 1. The van der Waals surface area contributed by atoms with E-state index in [2.05, 4.69) is 4.74 Å². The number of alkyl halides is 3. The second-order valence-electron chi connectivity index (χ2n) is 4.50. The molecule has 0 aliphatic heterocycles. The molecule has 0 aliphatic carbocycles. The van der Waals surface area contributed by atoms with Gasteiger partial charge in [0.1, 0.15) is 24.7 Å². The summed E-state index contributed by atoms with van der Waals surface area (Å²) in [6.07, 6.45) is -0.950. The van der Waals surface area contributed by atoms with Crippen LogP contribution in [0, 0.1) is 0 Å². The first-order valence-electron chi connectivity index (χ1n) is 6.60. The second-order valence-corrected chi connectivity index (χ2v) is 7.02. The molecule has 122 valence electrons. The number of hydrogen-bond acceptors (Lipinski definition) is 4. The lowest BCUT2D eigenvalue weighted by molar-refractivity contribution is 0.101. The van der Waals surface area contributed by atoms with Crippen LogP contribution in [0.5, 0.6) is 11.5 Å². The van der Waals surface area contributed by atoms with E-state index < -0.39 is 16.6 Å². The fourth-order valence-electron chi connectivity index (χ4n) is 1.61. The van der Waals surface area contributed by atoms with E-state index >= 15 is 0 Å². The minimum absolute atomic E-state index is 0.298. The van der Waals surface area contributed by atoms with Crippen molar-refractivity contribution < 1.29 is 19.0 Å². The fraction of sp³-hybridized carbons (Fsp3) is 0.188. The third kappa shape index (κ3) is 6.99. The highest BCUT2D eigenvalue weighted by Crippen LogP contribution is 2.26. The molecule has 0 N–H and O–H groups in total. The Kier molecular flexibility index (Phi) is 6.39. The van der Waals surface area contributed by atoms with Crippen molar-refractivity contribution in [3.8, 4) is 11.5 Å². The van der Waals surface area contributed by atoms with Crippen LogP contribution < -0.4 is 9.47 Å².